The molecule has 0 spiro atoms. The fourth-order valence-electron chi connectivity index (χ4n) is 3.45. The van der Waals surface area contributed by atoms with Crippen LogP contribution in [0.3, 0.4) is 0 Å². The quantitative estimate of drug-likeness (QED) is 0.863. The van der Waals surface area contributed by atoms with Gasteiger partial charge >= 0.3 is 0 Å². The van der Waals surface area contributed by atoms with Gasteiger partial charge < -0.3 is 9.84 Å². The fourth-order valence-corrected chi connectivity index (χ4v) is 3.45. The van der Waals surface area contributed by atoms with Crippen molar-refractivity contribution in [1.29, 1.82) is 0 Å². The molecule has 2 aromatic rings. The van der Waals surface area contributed by atoms with Gasteiger partial charge in [0.25, 0.3) is 0 Å². The highest BCUT2D eigenvalue weighted by Crippen LogP contribution is 2.53. The highest BCUT2D eigenvalue weighted by molar-refractivity contribution is 5.92. The molecule has 0 aromatic heterocycles. The van der Waals surface area contributed by atoms with Crippen molar-refractivity contribution >= 4 is 5.78 Å². The van der Waals surface area contributed by atoms with Gasteiger partial charge in [0.15, 0.2) is 0 Å². The van der Waals surface area contributed by atoms with Crippen LogP contribution in [-0.2, 0) is 4.79 Å². The normalized spacial score (nSPS) is 27.0. The molecular formula is C17H14O3. The lowest BCUT2D eigenvalue weighted by Crippen LogP contribution is -2.21. The highest BCUT2D eigenvalue weighted by Gasteiger charge is 2.51. The molecule has 0 radical (unpaired) electrons. The Morgan fingerprint density at radius 2 is 1.85 bits per heavy atom. The summed E-state index contributed by atoms with van der Waals surface area (Å²) in [5, 5.41) is 10.0. The number of rotatable bonds is 1. The number of aromatic hydroxyl groups is 1. The summed E-state index contributed by atoms with van der Waals surface area (Å²) in [6, 6.07) is 15.2. The molecule has 100 valence electrons. The van der Waals surface area contributed by atoms with E-state index < -0.39 is 0 Å². The minimum absolute atomic E-state index is 0.0699. The molecule has 1 N–H and O–H groups in total. The molecule has 3 nitrogen and oxygen atoms in total. The lowest BCUT2D eigenvalue weighted by Gasteiger charge is -2.18. The molecule has 1 fully saturated rings. The Morgan fingerprint density at radius 1 is 1.05 bits per heavy atom. The first-order valence-electron chi connectivity index (χ1n) is 6.82. The van der Waals surface area contributed by atoms with Crippen molar-refractivity contribution in [3.63, 3.8) is 0 Å². The first kappa shape index (κ1) is 11.5. The van der Waals surface area contributed by atoms with Crippen molar-refractivity contribution in [2.75, 3.05) is 0 Å². The lowest BCUT2D eigenvalue weighted by atomic mass is 9.91. The number of hydrogen-bond donors (Lipinski definition) is 1. The van der Waals surface area contributed by atoms with Gasteiger partial charge in [0.05, 0.1) is 11.5 Å². The maximum absolute atomic E-state index is 12.4. The summed E-state index contributed by atoms with van der Waals surface area (Å²) in [5.41, 5.74) is 1.79. The van der Waals surface area contributed by atoms with E-state index in [2.05, 4.69) is 0 Å². The molecule has 20 heavy (non-hydrogen) atoms. The monoisotopic (exact) mass is 266 g/mol. The van der Waals surface area contributed by atoms with Gasteiger partial charge in [0.1, 0.15) is 23.4 Å². The summed E-state index contributed by atoms with van der Waals surface area (Å²) in [4.78, 5) is 12.4. The summed E-state index contributed by atoms with van der Waals surface area (Å²) >= 11 is 0. The van der Waals surface area contributed by atoms with Crippen LogP contribution in [0.2, 0.25) is 0 Å². The lowest BCUT2D eigenvalue weighted by molar-refractivity contribution is -0.118. The number of ether oxygens (including phenoxy) is 1. The topological polar surface area (TPSA) is 46.5 Å². The van der Waals surface area contributed by atoms with Crippen molar-refractivity contribution in [2.24, 2.45) is 0 Å². The van der Waals surface area contributed by atoms with E-state index >= 15 is 0 Å². The van der Waals surface area contributed by atoms with Gasteiger partial charge in [0.2, 0.25) is 0 Å². The summed E-state index contributed by atoms with van der Waals surface area (Å²) in [5.74, 6) is 0.715. The van der Waals surface area contributed by atoms with Crippen LogP contribution < -0.4 is 4.74 Å². The van der Waals surface area contributed by atoms with E-state index in [4.69, 9.17) is 4.74 Å². The van der Waals surface area contributed by atoms with Crippen molar-refractivity contribution < 1.29 is 14.6 Å². The summed E-state index contributed by atoms with van der Waals surface area (Å²) < 4.78 is 5.97. The van der Waals surface area contributed by atoms with E-state index in [0.29, 0.717) is 17.7 Å². The molecule has 3 atom stereocenters. The van der Waals surface area contributed by atoms with E-state index in [1.807, 2.05) is 36.4 Å². The number of Topliss-reactive ketones (excluding diaryl/α,β-unsaturated/α-hetero) is 1. The highest BCUT2D eigenvalue weighted by atomic mass is 16.5. The molecule has 4 rings (SSSR count). The number of phenols is 1. The van der Waals surface area contributed by atoms with Crippen molar-refractivity contribution in [3.8, 4) is 11.5 Å². The molecule has 3 unspecified atom stereocenters. The Labute approximate surface area is 116 Å². The van der Waals surface area contributed by atoms with Gasteiger partial charge in [-0.25, -0.2) is 0 Å². The molecule has 2 aromatic carbocycles. The predicted octanol–water partition coefficient (Wildman–Crippen LogP) is 2.99. The molecule has 3 heteroatoms. The molecule has 1 aliphatic carbocycles. The summed E-state index contributed by atoms with van der Waals surface area (Å²) in [7, 11) is 0. The maximum atomic E-state index is 12.4. The van der Waals surface area contributed by atoms with Gasteiger partial charge in [-0.05, 0) is 17.7 Å². The second-order valence-corrected chi connectivity index (χ2v) is 5.44. The van der Waals surface area contributed by atoms with Gasteiger partial charge in [-0.2, -0.15) is 0 Å². The second-order valence-electron chi connectivity index (χ2n) is 5.44. The van der Waals surface area contributed by atoms with E-state index in [-0.39, 0.29) is 29.5 Å². The summed E-state index contributed by atoms with van der Waals surface area (Å²) in [6.45, 7) is 0. The number of ketones is 1. The van der Waals surface area contributed by atoms with E-state index in [1.54, 1.807) is 12.1 Å². The minimum Gasteiger partial charge on any atom is -0.508 e. The molecule has 1 heterocycles. The Hall–Kier alpha value is -2.29. The zero-order valence-electron chi connectivity index (χ0n) is 10.8. The van der Waals surface area contributed by atoms with Crippen LogP contribution in [0, 0.1) is 0 Å². The molecule has 1 aliphatic heterocycles. The van der Waals surface area contributed by atoms with Crippen LogP contribution in [0.15, 0.2) is 48.5 Å². The first-order valence-corrected chi connectivity index (χ1v) is 6.82. The Balaban J connectivity index is 1.78. The number of phenolic OH excluding ortho intramolecular Hbond substituents is 1. The number of carbonyl (C=O) groups is 1. The number of fused-ring (bicyclic) bond motifs is 3. The molecule has 1 saturated carbocycles. The Bertz CT molecular complexity index is 678. The molecule has 2 aliphatic rings. The van der Waals surface area contributed by atoms with Crippen molar-refractivity contribution in [2.45, 2.75) is 24.4 Å². The summed E-state index contributed by atoms with van der Waals surface area (Å²) in [6.07, 6.45) is 0.292. The maximum Gasteiger partial charge on any atom is 0.145 e. The average molecular weight is 266 g/mol. The van der Waals surface area contributed by atoms with Crippen LogP contribution in [0.25, 0.3) is 0 Å². The standard InChI is InChI=1S/C17H14O3/c18-12-7-4-8-14-15(12)16-13(19)9-11(17(16)20-14)10-5-2-1-3-6-10/h1-8,11,16-18H,9H2. The van der Waals surface area contributed by atoms with Crippen LogP contribution in [-0.4, -0.2) is 17.0 Å². The fraction of sp³-hybridized carbons (Fsp3) is 0.235. The average Bonchev–Trinajstić information content (AvgIpc) is 2.99. The SMILES string of the molecule is O=C1CC(c2ccccc2)C2Oc3cccc(O)c3C12. The molecule has 0 amide bonds. The van der Waals surface area contributed by atoms with Gasteiger partial charge in [-0.3, -0.25) is 4.79 Å². The smallest absolute Gasteiger partial charge is 0.145 e. The molecule has 0 bridgehead atoms. The van der Waals surface area contributed by atoms with Crippen molar-refractivity contribution in [3.05, 3.63) is 59.7 Å². The van der Waals surface area contributed by atoms with E-state index in [0.717, 1.165) is 5.56 Å². The zero-order valence-corrected chi connectivity index (χ0v) is 10.8. The third-order valence-electron chi connectivity index (χ3n) is 4.34. The third-order valence-corrected chi connectivity index (χ3v) is 4.34. The number of benzene rings is 2. The van der Waals surface area contributed by atoms with E-state index in [9.17, 15) is 9.90 Å². The minimum atomic E-state index is -0.323. The van der Waals surface area contributed by atoms with Crippen LogP contribution >= 0.6 is 0 Å². The van der Waals surface area contributed by atoms with E-state index in [1.165, 1.54) is 0 Å². The molecular weight excluding hydrogens is 252 g/mol. The van der Waals surface area contributed by atoms with Gasteiger partial charge in [-0.1, -0.05) is 36.4 Å². The second kappa shape index (κ2) is 4.10. The number of carbonyl (C=O) groups excluding carboxylic acids is 1. The Kier molecular flexibility index (Phi) is 2.36. The largest absolute Gasteiger partial charge is 0.508 e. The molecule has 0 saturated heterocycles. The van der Waals surface area contributed by atoms with Crippen LogP contribution in [0.1, 0.15) is 29.4 Å². The predicted molar refractivity (Wildman–Crippen MR) is 74.1 cm³/mol. The van der Waals surface area contributed by atoms with Crippen LogP contribution in [0.5, 0.6) is 11.5 Å². The number of hydrogen-bond acceptors (Lipinski definition) is 3. The zero-order chi connectivity index (χ0) is 13.7. The van der Waals surface area contributed by atoms with Gasteiger partial charge in [-0.15, -0.1) is 0 Å². The third kappa shape index (κ3) is 1.49. The van der Waals surface area contributed by atoms with Crippen molar-refractivity contribution in [1.82, 2.24) is 0 Å². The van der Waals surface area contributed by atoms with Gasteiger partial charge in [0, 0.05) is 12.3 Å². The van der Waals surface area contributed by atoms with Crippen LogP contribution in [0.4, 0.5) is 0 Å². The Morgan fingerprint density at radius 3 is 2.65 bits per heavy atom. The first-order chi connectivity index (χ1) is 9.75.